The van der Waals surface area contributed by atoms with E-state index < -0.39 is 0 Å². The first kappa shape index (κ1) is 15.3. The SMILES string of the molecule is COc1ccc(Cc2nnc3c(cnc4ccccc43)n2)cc1OC. The van der Waals surface area contributed by atoms with Crippen molar-refractivity contribution in [3.8, 4) is 11.5 Å². The normalized spacial score (nSPS) is 11.0. The van der Waals surface area contributed by atoms with Gasteiger partial charge < -0.3 is 9.47 Å². The van der Waals surface area contributed by atoms with Gasteiger partial charge in [0.05, 0.1) is 25.9 Å². The van der Waals surface area contributed by atoms with Gasteiger partial charge in [-0.25, -0.2) is 4.98 Å². The molecule has 0 aliphatic heterocycles. The molecule has 2 heterocycles. The molecule has 0 unspecified atom stereocenters. The van der Waals surface area contributed by atoms with Crippen molar-refractivity contribution in [3.05, 3.63) is 60.0 Å². The Hall–Kier alpha value is -3.28. The maximum absolute atomic E-state index is 5.34. The largest absolute Gasteiger partial charge is 0.493 e. The quantitative estimate of drug-likeness (QED) is 0.535. The standard InChI is InChI=1S/C19H16N4O2/c1-24-16-8-7-12(9-17(16)25-2)10-18-21-15-11-20-14-6-4-3-5-13(14)19(15)23-22-18/h3-9,11H,10H2,1-2H3. The van der Waals surface area contributed by atoms with Crippen molar-refractivity contribution in [2.24, 2.45) is 0 Å². The van der Waals surface area contributed by atoms with Crippen LogP contribution >= 0.6 is 0 Å². The molecule has 6 nitrogen and oxygen atoms in total. The minimum atomic E-state index is 0.552. The van der Waals surface area contributed by atoms with Crippen molar-refractivity contribution in [2.75, 3.05) is 14.2 Å². The van der Waals surface area contributed by atoms with Gasteiger partial charge >= 0.3 is 0 Å². The Bertz CT molecular complexity index is 1070. The molecule has 4 aromatic rings. The third-order valence-electron chi connectivity index (χ3n) is 4.05. The van der Waals surface area contributed by atoms with Crippen LogP contribution in [0, 0.1) is 0 Å². The van der Waals surface area contributed by atoms with E-state index in [1.54, 1.807) is 20.4 Å². The Morgan fingerprint density at radius 1 is 0.880 bits per heavy atom. The number of nitrogens with zero attached hydrogens (tertiary/aromatic N) is 4. The van der Waals surface area contributed by atoms with Crippen molar-refractivity contribution < 1.29 is 9.47 Å². The first-order valence-corrected chi connectivity index (χ1v) is 7.86. The Labute approximate surface area is 144 Å². The van der Waals surface area contributed by atoms with Gasteiger partial charge in [0.25, 0.3) is 0 Å². The van der Waals surface area contributed by atoms with E-state index in [2.05, 4.69) is 20.2 Å². The molecule has 0 saturated carbocycles. The second-order valence-corrected chi connectivity index (χ2v) is 5.60. The lowest BCUT2D eigenvalue weighted by Crippen LogP contribution is -2.01. The summed E-state index contributed by atoms with van der Waals surface area (Å²) in [6, 6.07) is 13.6. The number of hydrogen-bond acceptors (Lipinski definition) is 6. The molecule has 0 atom stereocenters. The second-order valence-electron chi connectivity index (χ2n) is 5.60. The summed E-state index contributed by atoms with van der Waals surface area (Å²) in [6.45, 7) is 0. The number of pyridine rings is 1. The lowest BCUT2D eigenvalue weighted by molar-refractivity contribution is 0.354. The Balaban J connectivity index is 1.71. The van der Waals surface area contributed by atoms with Crippen molar-refractivity contribution in [1.82, 2.24) is 20.2 Å². The molecule has 0 N–H and O–H groups in total. The fraction of sp³-hybridized carbons (Fsp3) is 0.158. The molecule has 0 saturated heterocycles. The first-order chi connectivity index (χ1) is 12.3. The van der Waals surface area contributed by atoms with Gasteiger partial charge in [-0.15, -0.1) is 10.2 Å². The molecule has 0 aliphatic carbocycles. The smallest absolute Gasteiger partial charge is 0.161 e. The summed E-state index contributed by atoms with van der Waals surface area (Å²) >= 11 is 0. The number of rotatable bonds is 4. The molecular formula is C19H16N4O2. The number of aromatic nitrogens is 4. The molecule has 25 heavy (non-hydrogen) atoms. The highest BCUT2D eigenvalue weighted by Crippen LogP contribution is 2.28. The van der Waals surface area contributed by atoms with Gasteiger partial charge in [0, 0.05) is 11.8 Å². The molecule has 2 aromatic heterocycles. The maximum atomic E-state index is 5.34. The van der Waals surface area contributed by atoms with Gasteiger partial charge in [-0.1, -0.05) is 24.3 Å². The lowest BCUT2D eigenvalue weighted by atomic mass is 10.1. The molecule has 0 spiro atoms. The number of hydrogen-bond donors (Lipinski definition) is 0. The zero-order valence-electron chi connectivity index (χ0n) is 13.9. The van der Waals surface area contributed by atoms with E-state index in [9.17, 15) is 0 Å². The van der Waals surface area contributed by atoms with Gasteiger partial charge in [-0.3, -0.25) is 4.98 Å². The zero-order chi connectivity index (χ0) is 17.2. The zero-order valence-corrected chi connectivity index (χ0v) is 13.9. The van der Waals surface area contributed by atoms with E-state index >= 15 is 0 Å². The Morgan fingerprint density at radius 3 is 2.56 bits per heavy atom. The Kier molecular flexibility index (Phi) is 3.85. The summed E-state index contributed by atoms with van der Waals surface area (Å²) in [4.78, 5) is 9.05. The first-order valence-electron chi connectivity index (χ1n) is 7.86. The van der Waals surface area contributed by atoms with Gasteiger partial charge in [0.2, 0.25) is 0 Å². The predicted molar refractivity (Wildman–Crippen MR) is 95.0 cm³/mol. The van der Waals surface area contributed by atoms with Crippen LogP contribution in [-0.2, 0) is 6.42 Å². The van der Waals surface area contributed by atoms with Crippen molar-refractivity contribution in [1.29, 1.82) is 0 Å². The predicted octanol–water partition coefficient (Wildman–Crippen LogP) is 3.18. The van der Waals surface area contributed by atoms with Crippen LogP contribution in [0.4, 0.5) is 0 Å². The summed E-state index contributed by atoms with van der Waals surface area (Å²) in [5.74, 6) is 2.01. The molecule has 0 fully saturated rings. The number of benzene rings is 2. The average molecular weight is 332 g/mol. The topological polar surface area (TPSA) is 70.0 Å². The molecule has 6 heteroatoms. The van der Waals surface area contributed by atoms with Gasteiger partial charge in [-0.2, -0.15) is 0 Å². The van der Waals surface area contributed by atoms with Crippen LogP contribution in [-0.4, -0.2) is 34.4 Å². The minimum absolute atomic E-state index is 0.552. The lowest BCUT2D eigenvalue weighted by Gasteiger charge is -2.09. The number of ether oxygens (including phenoxy) is 2. The summed E-state index contributed by atoms with van der Waals surface area (Å²) in [7, 11) is 3.23. The van der Waals surface area contributed by atoms with Crippen molar-refractivity contribution in [3.63, 3.8) is 0 Å². The van der Waals surface area contributed by atoms with E-state index in [1.165, 1.54) is 0 Å². The fourth-order valence-corrected chi connectivity index (χ4v) is 2.82. The van der Waals surface area contributed by atoms with Crippen LogP contribution in [0.15, 0.2) is 48.7 Å². The average Bonchev–Trinajstić information content (AvgIpc) is 2.67. The van der Waals surface area contributed by atoms with E-state index in [0.717, 1.165) is 27.5 Å². The summed E-state index contributed by atoms with van der Waals surface area (Å²) in [5.41, 5.74) is 3.41. The highest BCUT2D eigenvalue weighted by atomic mass is 16.5. The molecular weight excluding hydrogens is 316 g/mol. The second kappa shape index (κ2) is 6.32. The number of methoxy groups -OCH3 is 2. The molecule has 0 aliphatic rings. The maximum Gasteiger partial charge on any atom is 0.161 e. The van der Waals surface area contributed by atoms with E-state index in [4.69, 9.17) is 9.47 Å². The number of para-hydroxylation sites is 1. The van der Waals surface area contributed by atoms with Gasteiger partial charge in [0.15, 0.2) is 17.3 Å². The van der Waals surface area contributed by atoms with Crippen LogP contribution in [0.3, 0.4) is 0 Å². The van der Waals surface area contributed by atoms with Gasteiger partial charge in [-0.05, 0) is 23.8 Å². The Morgan fingerprint density at radius 2 is 1.72 bits per heavy atom. The van der Waals surface area contributed by atoms with E-state index in [0.29, 0.717) is 23.7 Å². The monoisotopic (exact) mass is 332 g/mol. The van der Waals surface area contributed by atoms with Crippen LogP contribution in [0.25, 0.3) is 21.9 Å². The highest BCUT2D eigenvalue weighted by molar-refractivity contribution is 6.00. The summed E-state index contributed by atoms with van der Waals surface area (Å²) in [5, 5.41) is 9.62. The van der Waals surface area contributed by atoms with Crippen LogP contribution in [0.5, 0.6) is 11.5 Å². The summed E-state index contributed by atoms with van der Waals surface area (Å²) < 4.78 is 10.6. The van der Waals surface area contributed by atoms with E-state index in [-0.39, 0.29) is 0 Å². The van der Waals surface area contributed by atoms with Crippen molar-refractivity contribution >= 4 is 21.9 Å². The minimum Gasteiger partial charge on any atom is -0.493 e. The molecule has 0 bridgehead atoms. The highest BCUT2D eigenvalue weighted by Gasteiger charge is 2.09. The molecule has 0 radical (unpaired) electrons. The summed E-state index contributed by atoms with van der Waals surface area (Å²) in [6.07, 6.45) is 2.29. The van der Waals surface area contributed by atoms with Crippen LogP contribution in [0.1, 0.15) is 11.4 Å². The third kappa shape index (κ3) is 2.82. The van der Waals surface area contributed by atoms with E-state index in [1.807, 2.05) is 42.5 Å². The van der Waals surface area contributed by atoms with Crippen LogP contribution in [0.2, 0.25) is 0 Å². The molecule has 124 valence electrons. The third-order valence-corrected chi connectivity index (χ3v) is 4.05. The van der Waals surface area contributed by atoms with Crippen molar-refractivity contribution in [2.45, 2.75) is 6.42 Å². The molecule has 2 aromatic carbocycles. The number of fused-ring (bicyclic) bond motifs is 3. The van der Waals surface area contributed by atoms with Gasteiger partial charge in [0.1, 0.15) is 11.0 Å². The van der Waals surface area contributed by atoms with Crippen LogP contribution < -0.4 is 9.47 Å². The molecule has 4 rings (SSSR count). The molecule has 0 amide bonds. The fourth-order valence-electron chi connectivity index (χ4n) is 2.82.